The standard InChI is InChI=1S/C27H32F3N5O4S/c1-16-13-33(14-17(2)39-16)10-8-23(36)32-22-11-18(7-9-31-22)15-34-25(38)35(24(37)26(34,3)4)20-6-5-19(12-21(20)40)27(28,29)30/h5-7,9,11-12,16-17,40H,8,10,13-15H2,1-4H3,(H,31,32,36). The molecule has 1 aromatic carbocycles. The third kappa shape index (κ3) is 6.42. The Balaban J connectivity index is 1.44. The SMILES string of the molecule is CC1CN(CCC(=O)Nc2cc(CN3C(=O)N(c4ccc(C(F)(F)F)cc4S)C(=O)C3(C)C)ccn2)CC(C)O1. The Morgan fingerprint density at radius 1 is 1.15 bits per heavy atom. The number of hydrogen-bond acceptors (Lipinski definition) is 7. The van der Waals surface area contributed by atoms with E-state index in [-0.39, 0.29) is 41.7 Å². The van der Waals surface area contributed by atoms with Crippen LogP contribution in [0.1, 0.15) is 45.2 Å². The number of alkyl halides is 3. The molecule has 0 saturated carbocycles. The van der Waals surface area contributed by atoms with Crippen LogP contribution in [0.4, 0.5) is 29.5 Å². The van der Waals surface area contributed by atoms with Crippen molar-refractivity contribution in [3.05, 3.63) is 47.7 Å². The van der Waals surface area contributed by atoms with Crippen molar-refractivity contribution in [3.63, 3.8) is 0 Å². The van der Waals surface area contributed by atoms with Crippen LogP contribution in [-0.4, -0.2) is 70.0 Å². The van der Waals surface area contributed by atoms with Crippen LogP contribution < -0.4 is 10.2 Å². The van der Waals surface area contributed by atoms with Crippen LogP contribution in [0.3, 0.4) is 0 Å². The van der Waals surface area contributed by atoms with E-state index in [0.29, 0.717) is 17.9 Å². The molecule has 4 rings (SSSR count). The molecule has 3 heterocycles. The molecule has 0 radical (unpaired) electrons. The summed E-state index contributed by atoms with van der Waals surface area (Å²) in [4.78, 5) is 47.6. The van der Waals surface area contributed by atoms with Gasteiger partial charge in [0.1, 0.15) is 11.4 Å². The van der Waals surface area contributed by atoms with Gasteiger partial charge in [0, 0.05) is 43.7 Å². The van der Waals surface area contributed by atoms with Crippen molar-refractivity contribution in [1.82, 2.24) is 14.8 Å². The predicted octanol–water partition coefficient (Wildman–Crippen LogP) is 4.57. The molecule has 1 N–H and O–H groups in total. The highest BCUT2D eigenvalue weighted by molar-refractivity contribution is 7.80. The van der Waals surface area contributed by atoms with Gasteiger partial charge in [-0.2, -0.15) is 13.2 Å². The van der Waals surface area contributed by atoms with Crippen molar-refractivity contribution in [2.45, 2.75) is 69.5 Å². The number of carbonyl (C=O) groups is 3. The van der Waals surface area contributed by atoms with Crippen molar-refractivity contribution >= 4 is 42.0 Å². The first-order valence-corrected chi connectivity index (χ1v) is 13.3. The van der Waals surface area contributed by atoms with E-state index in [1.54, 1.807) is 26.0 Å². The Labute approximate surface area is 236 Å². The Hall–Kier alpha value is -3.16. The monoisotopic (exact) mass is 579 g/mol. The minimum atomic E-state index is -4.59. The van der Waals surface area contributed by atoms with Crippen LogP contribution in [0.25, 0.3) is 0 Å². The summed E-state index contributed by atoms with van der Waals surface area (Å²) in [6.07, 6.45) is -2.63. The molecular formula is C27H32F3N5O4S. The number of hydrogen-bond donors (Lipinski definition) is 2. The molecule has 40 heavy (non-hydrogen) atoms. The van der Waals surface area contributed by atoms with Gasteiger partial charge in [0.15, 0.2) is 0 Å². The highest BCUT2D eigenvalue weighted by Gasteiger charge is 2.52. The maximum Gasteiger partial charge on any atom is 0.416 e. The lowest BCUT2D eigenvalue weighted by molar-refractivity contribution is -0.137. The normalized spacial score (nSPS) is 21.7. The molecule has 216 valence electrons. The van der Waals surface area contributed by atoms with Gasteiger partial charge in [-0.15, -0.1) is 12.6 Å². The van der Waals surface area contributed by atoms with Gasteiger partial charge in [-0.05, 0) is 63.6 Å². The van der Waals surface area contributed by atoms with Crippen LogP contribution >= 0.6 is 12.6 Å². The summed E-state index contributed by atoms with van der Waals surface area (Å²) < 4.78 is 45.0. The minimum absolute atomic E-state index is 0.00551. The smallest absolute Gasteiger partial charge is 0.373 e. The lowest BCUT2D eigenvalue weighted by atomic mass is 10.0. The number of urea groups is 1. The van der Waals surface area contributed by atoms with Crippen molar-refractivity contribution in [2.24, 2.45) is 0 Å². The Bertz CT molecular complexity index is 1300. The van der Waals surface area contributed by atoms with E-state index in [4.69, 9.17) is 4.74 Å². The lowest BCUT2D eigenvalue weighted by Gasteiger charge is -2.35. The van der Waals surface area contributed by atoms with Gasteiger partial charge in [0.2, 0.25) is 5.91 Å². The van der Waals surface area contributed by atoms with E-state index >= 15 is 0 Å². The van der Waals surface area contributed by atoms with Gasteiger partial charge in [-0.25, -0.2) is 14.7 Å². The third-order valence-corrected chi connectivity index (χ3v) is 7.31. The molecule has 2 saturated heterocycles. The summed E-state index contributed by atoms with van der Waals surface area (Å²) in [5.41, 5.74) is -1.65. The molecule has 1 aromatic heterocycles. The summed E-state index contributed by atoms with van der Waals surface area (Å²) >= 11 is 4.12. The first-order valence-electron chi connectivity index (χ1n) is 12.9. The number of anilines is 2. The van der Waals surface area contributed by atoms with Crippen molar-refractivity contribution < 1.29 is 32.3 Å². The number of morpholine rings is 1. The molecule has 2 unspecified atom stereocenters. The zero-order valence-electron chi connectivity index (χ0n) is 22.7. The fourth-order valence-electron chi connectivity index (χ4n) is 4.96. The Morgan fingerprint density at radius 3 is 2.45 bits per heavy atom. The molecule has 2 aliphatic heterocycles. The molecule has 0 aliphatic carbocycles. The number of rotatable bonds is 7. The Kier molecular flexibility index (Phi) is 8.48. The van der Waals surface area contributed by atoms with Crippen molar-refractivity contribution in [3.8, 4) is 0 Å². The summed E-state index contributed by atoms with van der Waals surface area (Å²) in [5, 5.41) is 2.78. The topological polar surface area (TPSA) is 95.1 Å². The van der Waals surface area contributed by atoms with Crippen molar-refractivity contribution in [1.29, 1.82) is 0 Å². The van der Waals surface area contributed by atoms with E-state index in [0.717, 1.165) is 36.2 Å². The highest BCUT2D eigenvalue weighted by atomic mass is 32.1. The van der Waals surface area contributed by atoms with Crippen LogP contribution in [0.5, 0.6) is 0 Å². The molecule has 2 atom stereocenters. The van der Waals surface area contributed by atoms with Crippen LogP contribution in [-0.2, 0) is 27.0 Å². The number of benzene rings is 1. The summed E-state index contributed by atoms with van der Waals surface area (Å²) in [5.74, 6) is -0.500. The van der Waals surface area contributed by atoms with Gasteiger partial charge >= 0.3 is 12.2 Å². The van der Waals surface area contributed by atoms with Gasteiger partial charge in [-0.3, -0.25) is 14.5 Å². The highest BCUT2D eigenvalue weighted by Crippen LogP contribution is 2.39. The van der Waals surface area contributed by atoms with Crippen LogP contribution in [0, 0.1) is 0 Å². The van der Waals surface area contributed by atoms with E-state index in [1.807, 2.05) is 13.8 Å². The summed E-state index contributed by atoms with van der Waals surface area (Å²) in [7, 11) is 0. The number of ether oxygens (including phenoxy) is 1. The van der Waals surface area contributed by atoms with E-state index < -0.39 is 29.2 Å². The fourth-order valence-corrected chi connectivity index (χ4v) is 5.27. The number of halogens is 3. The van der Waals surface area contributed by atoms with E-state index in [2.05, 4.69) is 27.8 Å². The molecule has 4 amide bonds. The maximum atomic E-state index is 13.4. The minimum Gasteiger partial charge on any atom is -0.373 e. The number of aromatic nitrogens is 1. The van der Waals surface area contributed by atoms with Gasteiger partial charge in [-0.1, -0.05) is 0 Å². The van der Waals surface area contributed by atoms with Gasteiger partial charge in [0.25, 0.3) is 5.91 Å². The first kappa shape index (κ1) is 29.8. The average molecular weight is 580 g/mol. The molecule has 2 aromatic rings. The number of thiol groups is 1. The number of amides is 4. The average Bonchev–Trinajstić information content (AvgIpc) is 3.01. The lowest BCUT2D eigenvalue weighted by Crippen LogP contribution is -2.46. The molecule has 0 spiro atoms. The zero-order chi connectivity index (χ0) is 29.4. The quantitative estimate of drug-likeness (QED) is 0.369. The fraction of sp³-hybridized carbons (Fsp3) is 0.481. The maximum absolute atomic E-state index is 13.4. The number of imide groups is 1. The largest absolute Gasteiger partial charge is 0.416 e. The number of carbonyl (C=O) groups excluding carboxylic acids is 3. The van der Waals surface area contributed by atoms with E-state index in [9.17, 15) is 27.6 Å². The molecule has 9 nitrogen and oxygen atoms in total. The number of nitrogens with zero attached hydrogens (tertiary/aromatic N) is 4. The second kappa shape index (κ2) is 11.4. The second-order valence-electron chi connectivity index (χ2n) is 10.6. The van der Waals surface area contributed by atoms with Gasteiger partial charge < -0.3 is 15.0 Å². The van der Waals surface area contributed by atoms with E-state index in [1.165, 1.54) is 11.1 Å². The summed E-state index contributed by atoms with van der Waals surface area (Å²) in [6.45, 7) is 9.21. The zero-order valence-corrected chi connectivity index (χ0v) is 23.6. The second-order valence-corrected chi connectivity index (χ2v) is 11.1. The molecular weight excluding hydrogens is 547 g/mol. The Morgan fingerprint density at radius 2 is 1.82 bits per heavy atom. The van der Waals surface area contributed by atoms with Gasteiger partial charge in [0.05, 0.1) is 23.5 Å². The molecule has 0 bridgehead atoms. The number of pyridine rings is 1. The number of nitrogens with one attached hydrogen (secondary N) is 1. The van der Waals surface area contributed by atoms with Crippen molar-refractivity contribution in [2.75, 3.05) is 29.9 Å². The predicted molar refractivity (Wildman–Crippen MR) is 145 cm³/mol. The summed E-state index contributed by atoms with van der Waals surface area (Å²) in [6, 6.07) is 5.25. The first-order chi connectivity index (χ1) is 18.7. The molecule has 2 aliphatic rings. The molecule has 13 heteroatoms. The molecule has 2 fully saturated rings. The third-order valence-electron chi connectivity index (χ3n) is 6.95. The van der Waals surface area contributed by atoms with Crippen LogP contribution in [0.15, 0.2) is 41.4 Å². The van der Waals surface area contributed by atoms with Crippen LogP contribution in [0.2, 0.25) is 0 Å².